The van der Waals surface area contributed by atoms with Crippen molar-refractivity contribution in [3.05, 3.63) is 22.2 Å². The van der Waals surface area contributed by atoms with E-state index in [4.69, 9.17) is 9.47 Å². The minimum absolute atomic E-state index is 0.0598. The Morgan fingerprint density at radius 1 is 1.34 bits per heavy atom. The van der Waals surface area contributed by atoms with Gasteiger partial charge in [0.2, 0.25) is 0 Å². The predicted octanol–water partition coefficient (Wildman–Crippen LogP) is 2.32. The minimum Gasteiger partial charge on any atom is -0.465 e. The normalized spacial score (nSPS) is 16.6. The van der Waals surface area contributed by atoms with E-state index in [1.54, 1.807) is 24.9 Å². The average Bonchev–Trinajstić information content (AvgIpc) is 3.08. The van der Waals surface area contributed by atoms with Crippen molar-refractivity contribution in [2.75, 3.05) is 25.0 Å². The molecule has 2 rings (SSSR count). The van der Waals surface area contributed by atoms with Gasteiger partial charge in [-0.1, -0.05) is 0 Å². The lowest BCUT2D eigenvalue weighted by Gasteiger charge is -2.28. The van der Waals surface area contributed by atoms with Crippen molar-refractivity contribution in [1.29, 1.82) is 0 Å². The first kappa shape index (κ1) is 22.7. The van der Waals surface area contributed by atoms with Gasteiger partial charge in [-0.25, -0.2) is 9.78 Å². The van der Waals surface area contributed by atoms with Gasteiger partial charge in [-0.05, 0) is 53.9 Å². The van der Waals surface area contributed by atoms with Crippen molar-refractivity contribution < 1.29 is 19.1 Å². The number of anilines is 1. The molecule has 1 amide bonds. The maximum Gasteiger partial charge on any atom is 0.410 e. The highest BCUT2D eigenvalue weighted by atomic mass is 16.6. The number of rotatable bonds is 7. The first-order valence-corrected chi connectivity index (χ1v) is 10.1. The number of amides is 1. The van der Waals surface area contributed by atoms with E-state index in [1.165, 1.54) is 4.57 Å². The van der Waals surface area contributed by atoms with Gasteiger partial charge in [0.15, 0.2) is 5.82 Å². The molecular formula is C20H32N4O5. The number of aryl methyl sites for hydroxylation is 1. The molecule has 0 bridgehead atoms. The standard InChI is InChI=1S/C20H32N4O5/c1-6-28-16(25)13-24-14(2)12-22-17(18(24)26)21-10-9-15-8-7-11-23(15)19(27)29-20(3,4)5/h12,15H,6-11,13H2,1-5H3,(H,21,22). The molecule has 9 heteroatoms. The molecule has 1 aromatic heterocycles. The van der Waals surface area contributed by atoms with Crippen LogP contribution in [0.5, 0.6) is 0 Å². The van der Waals surface area contributed by atoms with Crippen LogP contribution in [0.4, 0.5) is 10.6 Å². The van der Waals surface area contributed by atoms with Gasteiger partial charge in [-0.2, -0.15) is 0 Å². The Bertz CT molecular complexity index is 784. The quantitative estimate of drug-likeness (QED) is 0.691. The van der Waals surface area contributed by atoms with E-state index in [-0.39, 0.29) is 36.7 Å². The van der Waals surface area contributed by atoms with Crippen molar-refractivity contribution in [3.63, 3.8) is 0 Å². The molecule has 1 aliphatic heterocycles. The summed E-state index contributed by atoms with van der Waals surface area (Å²) in [7, 11) is 0. The minimum atomic E-state index is -0.529. The lowest BCUT2D eigenvalue weighted by molar-refractivity contribution is -0.143. The molecule has 0 radical (unpaired) electrons. The second kappa shape index (κ2) is 9.76. The summed E-state index contributed by atoms with van der Waals surface area (Å²) in [5.74, 6) is -0.282. The number of hydrogen-bond acceptors (Lipinski definition) is 7. The van der Waals surface area contributed by atoms with Crippen LogP contribution in [0.25, 0.3) is 0 Å². The number of nitrogens with zero attached hydrogens (tertiary/aromatic N) is 3. The highest BCUT2D eigenvalue weighted by Gasteiger charge is 2.31. The molecule has 1 atom stereocenters. The summed E-state index contributed by atoms with van der Waals surface area (Å²) in [5.41, 5.74) is -0.313. The van der Waals surface area contributed by atoms with Crippen LogP contribution in [0.3, 0.4) is 0 Å². The van der Waals surface area contributed by atoms with Crippen molar-refractivity contribution in [2.24, 2.45) is 0 Å². The molecule has 0 saturated carbocycles. The summed E-state index contributed by atoms with van der Waals surface area (Å²) in [5, 5.41) is 3.05. The van der Waals surface area contributed by atoms with Gasteiger partial charge < -0.3 is 19.7 Å². The third-order valence-corrected chi connectivity index (χ3v) is 4.62. The molecule has 2 heterocycles. The Kier molecular flexibility index (Phi) is 7.64. The molecule has 29 heavy (non-hydrogen) atoms. The highest BCUT2D eigenvalue weighted by Crippen LogP contribution is 2.23. The molecule has 1 saturated heterocycles. The predicted molar refractivity (Wildman–Crippen MR) is 109 cm³/mol. The molecule has 0 aromatic carbocycles. The zero-order valence-corrected chi connectivity index (χ0v) is 18.0. The van der Waals surface area contributed by atoms with Crippen LogP contribution in [-0.2, 0) is 20.8 Å². The van der Waals surface area contributed by atoms with Crippen LogP contribution < -0.4 is 10.9 Å². The fraction of sp³-hybridized carbons (Fsp3) is 0.700. The summed E-state index contributed by atoms with van der Waals surface area (Å²) in [6.07, 6.45) is 3.75. The van der Waals surface area contributed by atoms with E-state index in [1.807, 2.05) is 20.8 Å². The van der Waals surface area contributed by atoms with E-state index >= 15 is 0 Å². The number of carbonyl (C=O) groups excluding carboxylic acids is 2. The molecule has 1 unspecified atom stereocenters. The number of carbonyl (C=O) groups is 2. The number of nitrogens with one attached hydrogen (secondary N) is 1. The third kappa shape index (κ3) is 6.47. The molecule has 162 valence electrons. The number of likely N-dealkylation sites (tertiary alicyclic amines) is 1. The summed E-state index contributed by atoms with van der Waals surface area (Å²) in [6.45, 7) is 10.3. The second-order valence-corrected chi connectivity index (χ2v) is 8.13. The number of aromatic nitrogens is 2. The van der Waals surface area contributed by atoms with Gasteiger partial charge in [-0.3, -0.25) is 14.2 Å². The maximum atomic E-state index is 12.6. The van der Waals surface area contributed by atoms with E-state index in [0.29, 0.717) is 25.2 Å². The first-order valence-electron chi connectivity index (χ1n) is 10.1. The molecule has 9 nitrogen and oxygen atoms in total. The number of ether oxygens (including phenoxy) is 2. The molecule has 1 fully saturated rings. The maximum absolute atomic E-state index is 12.6. The highest BCUT2D eigenvalue weighted by molar-refractivity contribution is 5.69. The van der Waals surface area contributed by atoms with Crippen molar-refractivity contribution in [3.8, 4) is 0 Å². The van der Waals surface area contributed by atoms with Gasteiger partial charge in [-0.15, -0.1) is 0 Å². The van der Waals surface area contributed by atoms with Crippen LogP contribution >= 0.6 is 0 Å². The fourth-order valence-electron chi connectivity index (χ4n) is 3.28. The van der Waals surface area contributed by atoms with Crippen LogP contribution in [0.1, 0.15) is 52.7 Å². The Balaban J connectivity index is 1.97. The zero-order valence-electron chi connectivity index (χ0n) is 18.0. The van der Waals surface area contributed by atoms with Crippen LogP contribution in [-0.4, -0.2) is 57.9 Å². The molecular weight excluding hydrogens is 376 g/mol. The van der Waals surface area contributed by atoms with Crippen LogP contribution in [0, 0.1) is 6.92 Å². The molecule has 1 N–H and O–H groups in total. The Labute approximate surface area is 171 Å². The van der Waals surface area contributed by atoms with Gasteiger partial charge in [0, 0.05) is 31.0 Å². The lowest BCUT2D eigenvalue weighted by atomic mass is 10.1. The Morgan fingerprint density at radius 2 is 2.07 bits per heavy atom. The molecule has 1 aliphatic rings. The molecule has 0 spiro atoms. The molecule has 1 aromatic rings. The number of esters is 1. The van der Waals surface area contributed by atoms with E-state index in [2.05, 4.69) is 10.3 Å². The average molecular weight is 408 g/mol. The van der Waals surface area contributed by atoms with Crippen molar-refractivity contribution in [2.45, 2.75) is 72.1 Å². The van der Waals surface area contributed by atoms with Gasteiger partial charge in [0.05, 0.1) is 6.61 Å². The topological polar surface area (TPSA) is 103 Å². The van der Waals surface area contributed by atoms with Crippen molar-refractivity contribution >= 4 is 17.9 Å². The second-order valence-electron chi connectivity index (χ2n) is 8.13. The number of hydrogen-bond donors (Lipinski definition) is 1. The van der Waals surface area contributed by atoms with Crippen LogP contribution in [0.2, 0.25) is 0 Å². The first-order chi connectivity index (χ1) is 13.6. The summed E-state index contributed by atoms with van der Waals surface area (Å²) in [6, 6.07) is 0.0598. The van der Waals surface area contributed by atoms with E-state index < -0.39 is 11.6 Å². The van der Waals surface area contributed by atoms with Crippen molar-refractivity contribution in [1.82, 2.24) is 14.5 Å². The van der Waals surface area contributed by atoms with Gasteiger partial charge in [0.25, 0.3) is 5.56 Å². The van der Waals surface area contributed by atoms with Gasteiger partial charge in [0.1, 0.15) is 12.1 Å². The monoisotopic (exact) mass is 408 g/mol. The van der Waals surface area contributed by atoms with E-state index in [0.717, 1.165) is 12.8 Å². The SMILES string of the molecule is CCOC(=O)Cn1c(C)cnc(NCCC2CCCN2C(=O)OC(C)(C)C)c1=O. The largest absolute Gasteiger partial charge is 0.465 e. The van der Waals surface area contributed by atoms with Crippen LogP contribution in [0.15, 0.2) is 11.0 Å². The summed E-state index contributed by atoms with van der Waals surface area (Å²) >= 11 is 0. The van der Waals surface area contributed by atoms with E-state index in [9.17, 15) is 14.4 Å². The fourth-order valence-corrected chi connectivity index (χ4v) is 3.28. The molecule has 0 aliphatic carbocycles. The summed E-state index contributed by atoms with van der Waals surface area (Å²) in [4.78, 5) is 42.7. The zero-order chi connectivity index (χ0) is 21.6. The Morgan fingerprint density at radius 3 is 2.72 bits per heavy atom. The summed E-state index contributed by atoms with van der Waals surface area (Å²) < 4.78 is 11.7. The smallest absolute Gasteiger partial charge is 0.410 e. The third-order valence-electron chi connectivity index (χ3n) is 4.62. The van der Waals surface area contributed by atoms with Gasteiger partial charge >= 0.3 is 12.1 Å². The lowest BCUT2D eigenvalue weighted by Crippen LogP contribution is -2.40. The Hall–Kier alpha value is -2.58.